The molecule has 86 valence electrons. The maximum absolute atomic E-state index is 8.55. The van der Waals surface area contributed by atoms with E-state index in [1.54, 1.807) is 6.20 Å². The van der Waals surface area contributed by atoms with Gasteiger partial charge in [-0.05, 0) is 6.92 Å². The van der Waals surface area contributed by atoms with Gasteiger partial charge in [0.15, 0.2) is 5.75 Å². The number of hydrogen-bond acceptors (Lipinski definition) is 5. The van der Waals surface area contributed by atoms with E-state index in [4.69, 9.17) is 14.7 Å². The first-order valence-electron chi connectivity index (χ1n) is 5.02. The van der Waals surface area contributed by atoms with Gasteiger partial charge in [-0.15, -0.1) is 0 Å². The zero-order valence-corrected chi connectivity index (χ0v) is 9.52. The molecule has 1 aromatic heterocycles. The van der Waals surface area contributed by atoms with Crippen LogP contribution >= 0.6 is 0 Å². The van der Waals surface area contributed by atoms with Crippen molar-refractivity contribution in [3.8, 4) is 5.75 Å². The van der Waals surface area contributed by atoms with Crippen LogP contribution in [0.3, 0.4) is 0 Å². The minimum Gasteiger partial charge on any atom is -0.461 e. The summed E-state index contributed by atoms with van der Waals surface area (Å²) in [5.74, 6) is 0.0719. The fourth-order valence-corrected chi connectivity index (χ4v) is 1.63. The fourth-order valence-electron chi connectivity index (χ4n) is 1.63. The van der Waals surface area contributed by atoms with Crippen LogP contribution in [0, 0.1) is 6.92 Å². The Hall–Kier alpha value is -1.62. The number of hydrogen-bond donors (Lipinski definition) is 1. The molecule has 0 fully saturated rings. The van der Waals surface area contributed by atoms with Crippen LogP contribution in [-0.2, 0) is 11.3 Å². The summed E-state index contributed by atoms with van der Waals surface area (Å²) in [6.07, 6.45) is 2.97. The molecule has 0 unspecified atom stereocenters. The molecule has 0 radical (unpaired) electrons. The first-order valence-corrected chi connectivity index (χ1v) is 5.02. The monoisotopic (exact) mass is 222 g/mol. The van der Waals surface area contributed by atoms with Gasteiger partial charge in [0.05, 0.1) is 18.5 Å². The summed E-state index contributed by atoms with van der Waals surface area (Å²) in [7, 11) is 0. The van der Waals surface area contributed by atoms with Crippen LogP contribution in [0.4, 0.5) is 0 Å². The molecule has 1 aliphatic heterocycles. The molecule has 0 aromatic carbocycles. The summed E-state index contributed by atoms with van der Waals surface area (Å²) in [5.41, 5.74) is 2.38. The van der Waals surface area contributed by atoms with Crippen molar-refractivity contribution in [2.75, 3.05) is 0 Å². The molecular formula is C11H14N2O3. The number of aromatic nitrogens is 1. The number of fused-ring (bicyclic) bond motifs is 1. The molecule has 0 aliphatic carbocycles. The molecule has 0 atom stereocenters. The summed E-state index contributed by atoms with van der Waals surface area (Å²) in [6.45, 7) is 6.00. The van der Waals surface area contributed by atoms with Crippen molar-refractivity contribution in [2.45, 2.75) is 33.2 Å². The van der Waals surface area contributed by atoms with E-state index in [-0.39, 0.29) is 0 Å². The van der Waals surface area contributed by atoms with Crippen LogP contribution in [-0.4, -0.2) is 22.2 Å². The van der Waals surface area contributed by atoms with Gasteiger partial charge in [-0.2, -0.15) is 0 Å². The largest absolute Gasteiger partial charge is 0.461 e. The molecule has 0 spiro atoms. The first kappa shape index (κ1) is 10.9. The third kappa shape index (κ3) is 1.86. The lowest BCUT2D eigenvalue weighted by molar-refractivity contribution is -0.180. The Morgan fingerprint density at radius 1 is 1.56 bits per heavy atom. The highest BCUT2D eigenvalue weighted by Gasteiger charge is 2.30. The van der Waals surface area contributed by atoms with Crippen molar-refractivity contribution in [3.63, 3.8) is 0 Å². The number of rotatable bonds is 1. The van der Waals surface area contributed by atoms with Gasteiger partial charge in [-0.3, -0.25) is 4.98 Å². The highest BCUT2D eigenvalue weighted by molar-refractivity contribution is 5.82. The fraction of sp³-hybridized carbons (Fsp3) is 0.455. The van der Waals surface area contributed by atoms with Crippen molar-refractivity contribution >= 4 is 6.21 Å². The van der Waals surface area contributed by atoms with E-state index < -0.39 is 5.79 Å². The predicted octanol–water partition coefficient (Wildman–Crippen LogP) is 1.84. The van der Waals surface area contributed by atoms with E-state index in [1.165, 1.54) is 6.21 Å². The average molecular weight is 222 g/mol. The molecule has 0 saturated carbocycles. The van der Waals surface area contributed by atoms with Gasteiger partial charge >= 0.3 is 0 Å². The van der Waals surface area contributed by atoms with Gasteiger partial charge in [0.1, 0.15) is 0 Å². The van der Waals surface area contributed by atoms with Gasteiger partial charge in [-0.25, -0.2) is 0 Å². The molecule has 1 aliphatic rings. The minimum atomic E-state index is -0.644. The summed E-state index contributed by atoms with van der Waals surface area (Å²) in [4.78, 5) is 4.19. The lowest BCUT2D eigenvalue weighted by atomic mass is 10.1. The van der Waals surface area contributed by atoms with E-state index >= 15 is 0 Å². The van der Waals surface area contributed by atoms with E-state index in [2.05, 4.69) is 10.1 Å². The normalized spacial score (nSPS) is 18.2. The molecule has 1 aromatic rings. The number of aryl methyl sites for hydroxylation is 1. The van der Waals surface area contributed by atoms with E-state index in [0.717, 1.165) is 11.3 Å². The SMILES string of the molecule is Cc1ncc(/C=N/O)c2c1OC(C)(C)OC2. The molecule has 0 bridgehead atoms. The summed E-state index contributed by atoms with van der Waals surface area (Å²) in [6, 6.07) is 0. The highest BCUT2D eigenvalue weighted by Crippen LogP contribution is 2.34. The Morgan fingerprint density at radius 2 is 2.31 bits per heavy atom. The second kappa shape index (κ2) is 3.75. The third-order valence-corrected chi connectivity index (χ3v) is 2.46. The molecule has 16 heavy (non-hydrogen) atoms. The Balaban J connectivity index is 2.51. The number of ether oxygens (including phenoxy) is 2. The number of nitrogens with zero attached hydrogens (tertiary/aromatic N) is 2. The van der Waals surface area contributed by atoms with Crippen LogP contribution in [0.1, 0.15) is 30.7 Å². The zero-order valence-electron chi connectivity index (χ0n) is 9.52. The molecule has 0 saturated heterocycles. The maximum atomic E-state index is 8.55. The molecule has 2 rings (SSSR count). The Kier molecular flexibility index (Phi) is 2.55. The quantitative estimate of drug-likeness (QED) is 0.447. The van der Waals surface area contributed by atoms with E-state index in [9.17, 15) is 0 Å². The topological polar surface area (TPSA) is 63.9 Å². The van der Waals surface area contributed by atoms with Crippen LogP contribution in [0.2, 0.25) is 0 Å². The molecule has 0 amide bonds. The lowest BCUT2D eigenvalue weighted by Gasteiger charge is -2.33. The lowest BCUT2D eigenvalue weighted by Crippen LogP contribution is -2.36. The maximum Gasteiger partial charge on any atom is 0.205 e. The van der Waals surface area contributed by atoms with Gasteiger partial charge in [-0.1, -0.05) is 5.16 Å². The van der Waals surface area contributed by atoms with Gasteiger partial charge in [0, 0.05) is 31.2 Å². The number of oxime groups is 1. The minimum absolute atomic E-state index is 0.424. The van der Waals surface area contributed by atoms with Crippen molar-refractivity contribution in [1.82, 2.24) is 4.98 Å². The third-order valence-electron chi connectivity index (χ3n) is 2.46. The first-order chi connectivity index (χ1) is 7.53. The summed E-state index contributed by atoms with van der Waals surface area (Å²) in [5, 5.41) is 11.6. The standard InChI is InChI=1S/C11H14N2O3/c1-7-10-9(6-15-11(2,3)16-10)8(4-12-7)5-13-14/h4-5,14H,6H2,1-3H3/b13-5+. The average Bonchev–Trinajstić information content (AvgIpc) is 2.22. The van der Waals surface area contributed by atoms with E-state index in [1.807, 2.05) is 20.8 Å². The summed E-state index contributed by atoms with van der Waals surface area (Å²) < 4.78 is 11.2. The molecule has 1 N–H and O–H groups in total. The van der Waals surface area contributed by atoms with Crippen molar-refractivity contribution < 1.29 is 14.7 Å². The molecule has 2 heterocycles. The highest BCUT2D eigenvalue weighted by atomic mass is 16.7. The van der Waals surface area contributed by atoms with Crippen LogP contribution in [0.5, 0.6) is 5.75 Å². The van der Waals surface area contributed by atoms with Gasteiger partial charge in [0.2, 0.25) is 5.79 Å². The smallest absolute Gasteiger partial charge is 0.205 e. The second-order valence-electron chi connectivity index (χ2n) is 4.14. The Morgan fingerprint density at radius 3 is 3.00 bits per heavy atom. The molecular weight excluding hydrogens is 208 g/mol. The summed E-state index contributed by atoms with van der Waals surface area (Å²) >= 11 is 0. The van der Waals surface area contributed by atoms with Crippen molar-refractivity contribution in [3.05, 3.63) is 23.0 Å². The molecule has 5 heteroatoms. The van der Waals surface area contributed by atoms with Crippen molar-refractivity contribution in [2.24, 2.45) is 5.16 Å². The van der Waals surface area contributed by atoms with Crippen LogP contribution in [0.15, 0.2) is 11.4 Å². The zero-order chi connectivity index (χ0) is 11.8. The van der Waals surface area contributed by atoms with E-state index in [0.29, 0.717) is 17.9 Å². The number of pyridine rings is 1. The predicted molar refractivity (Wildman–Crippen MR) is 57.9 cm³/mol. The van der Waals surface area contributed by atoms with Crippen LogP contribution in [0.25, 0.3) is 0 Å². The molecule has 5 nitrogen and oxygen atoms in total. The Labute approximate surface area is 93.7 Å². The second-order valence-corrected chi connectivity index (χ2v) is 4.14. The van der Waals surface area contributed by atoms with Crippen LogP contribution < -0.4 is 4.74 Å². The van der Waals surface area contributed by atoms with Gasteiger partial charge < -0.3 is 14.7 Å². The Bertz CT molecular complexity index is 441. The van der Waals surface area contributed by atoms with Crippen molar-refractivity contribution in [1.29, 1.82) is 0 Å². The van der Waals surface area contributed by atoms with Gasteiger partial charge in [0.25, 0.3) is 0 Å².